The first-order chi connectivity index (χ1) is 7.09. The first-order valence-electron chi connectivity index (χ1n) is 4.63. The van der Waals surface area contributed by atoms with Gasteiger partial charge < -0.3 is 5.73 Å². The molecule has 0 aliphatic rings. The van der Waals surface area contributed by atoms with Gasteiger partial charge in [0.1, 0.15) is 5.82 Å². The maximum atomic E-state index is 5.96. The molecule has 1 heterocycles. The molecule has 0 amide bonds. The van der Waals surface area contributed by atoms with Gasteiger partial charge in [0.05, 0.1) is 6.20 Å². The molecule has 0 aliphatic heterocycles. The Bertz CT molecular complexity index is 503. The maximum absolute atomic E-state index is 5.96. The van der Waals surface area contributed by atoms with Gasteiger partial charge in [-0.25, -0.2) is 0 Å². The van der Waals surface area contributed by atoms with Gasteiger partial charge in [-0.3, -0.25) is 4.68 Å². The van der Waals surface area contributed by atoms with Crippen molar-refractivity contribution in [1.82, 2.24) is 9.78 Å². The summed E-state index contributed by atoms with van der Waals surface area (Å²) in [5.41, 5.74) is 9.01. The lowest BCUT2D eigenvalue weighted by Gasteiger charge is -2.05. The minimum atomic E-state index is 0.653. The van der Waals surface area contributed by atoms with Gasteiger partial charge in [0, 0.05) is 17.6 Å². The van der Waals surface area contributed by atoms with Gasteiger partial charge in [0.25, 0.3) is 0 Å². The molecule has 2 rings (SSSR count). The summed E-state index contributed by atoms with van der Waals surface area (Å²) in [4.78, 5) is 0. The molecule has 0 saturated carbocycles. The number of hydrogen-bond acceptors (Lipinski definition) is 2. The minimum absolute atomic E-state index is 0.653. The van der Waals surface area contributed by atoms with E-state index in [0.29, 0.717) is 10.8 Å². The zero-order chi connectivity index (χ0) is 11.0. The molecule has 0 aliphatic carbocycles. The first kappa shape index (κ1) is 10.1. The van der Waals surface area contributed by atoms with E-state index in [2.05, 4.69) is 5.10 Å². The minimum Gasteiger partial charge on any atom is -0.383 e. The zero-order valence-corrected chi connectivity index (χ0v) is 9.42. The predicted octanol–water partition coefficient (Wildman–Crippen LogP) is 2.63. The number of nitrogens with two attached hydrogens (primary N) is 1. The molecular formula is C11H12ClN3. The number of nitrogens with zero attached hydrogens (tertiary/aromatic N) is 2. The van der Waals surface area contributed by atoms with Crippen molar-refractivity contribution in [2.45, 2.75) is 6.92 Å². The number of aryl methyl sites for hydroxylation is 2. The Labute approximate surface area is 93.5 Å². The second kappa shape index (κ2) is 3.59. The predicted molar refractivity (Wildman–Crippen MR) is 62.8 cm³/mol. The molecule has 3 nitrogen and oxygen atoms in total. The quantitative estimate of drug-likeness (QED) is 0.805. The van der Waals surface area contributed by atoms with E-state index < -0.39 is 0 Å². The van der Waals surface area contributed by atoms with Gasteiger partial charge >= 0.3 is 0 Å². The average Bonchev–Trinajstić information content (AvgIpc) is 2.52. The van der Waals surface area contributed by atoms with Crippen LogP contribution >= 0.6 is 11.6 Å². The Kier molecular flexibility index (Phi) is 2.40. The SMILES string of the molecule is Cc1ccc(Cl)cc1-c1cnn(C)c1N. The van der Waals surface area contributed by atoms with E-state index in [0.717, 1.165) is 16.7 Å². The average molecular weight is 222 g/mol. The van der Waals surface area contributed by atoms with Crippen molar-refractivity contribution in [3.05, 3.63) is 35.0 Å². The molecule has 1 aromatic heterocycles. The molecule has 0 bridgehead atoms. The number of benzene rings is 1. The number of halogens is 1. The number of aromatic nitrogens is 2. The standard InChI is InChI=1S/C11H12ClN3/c1-7-3-4-8(12)5-9(7)10-6-14-15(2)11(10)13/h3-6H,13H2,1-2H3. The number of nitrogen functional groups attached to an aromatic ring is 1. The van der Waals surface area contributed by atoms with Crippen LogP contribution < -0.4 is 5.73 Å². The summed E-state index contributed by atoms with van der Waals surface area (Å²) in [6, 6.07) is 5.75. The van der Waals surface area contributed by atoms with Crippen molar-refractivity contribution >= 4 is 17.4 Å². The maximum Gasteiger partial charge on any atom is 0.129 e. The molecule has 0 fully saturated rings. The van der Waals surface area contributed by atoms with Gasteiger partial charge in [-0.1, -0.05) is 17.7 Å². The van der Waals surface area contributed by atoms with E-state index in [1.54, 1.807) is 10.9 Å². The molecule has 15 heavy (non-hydrogen) atoms. The van der Waals surface area contributed by atoms with Crippen molar-refractivity contribution in [3.8, 4) is 11.1 Å². The molecule has 0 radical (unpaired) electrons. The Morgan fingerprint density at radius 2 is 2.07 bits per heavy atom. The van der Waals surface area contributed by atoms with E-state index >= 15 is 0 Å². The van der Waals surface area contributed by atoms with Crippen LogP contribution in [0.15, 0.2) is 24.4 Å². The molecule has 2 N–H and O–H groups in total. The lowest BCUT2D eigenvalue weighted by atomic mass is 10.0. The van der Waals surface area contributed by atoms with Crippen LogP contribution in [-0.2, 0) is 7.05 Å². The normalized spacial score (nSPS) is 10.6. The first-order valence-corrected chi connectivity index (χ1v) is 5.01. The van der Waals surface area contributed by atoms with Crippen molar-refractivity contribution in [2.24, 2.45) is 7.05 Å². The number of rotatable bonds is 1. The van der Waals surface area contributed by atoms with Crippen LogP contribution in [0, 0.1) is 6.92 Å². The third kappa shape index (κ3) is 1.70. The summed E-state index contributed by atoms with van der Waals surface area (Å²) >= 11 is 5.96. The van der Waals surface area contributed by atoms with Crippen LogP contribution in [0.5, 0.6) is 0 Å². The summed E-state index contributed by atoms with van der Waals surface area (Å²) < 4.78 is 1.65. The van der Waals surface area contributed by atoms with Crippen LogP contribution in [0.2, 0.25) is 5.02 Å². The van der Waals surface area contributed by atoms with Crippen LogP contribution in [0.1, 0.15) is 5.56 Å². The Balaban J connectivity index is 2.63. The summed E-state index contributed by atoms with van der Waals surface area (Å²) in [5.74, 6) is 0.653. The third-order valence-corrected chi connectivity index (χ3v) is 2.71. The highest BCUT2D eigenvalue weighted by molar-refractivity contribution is 6.30. The molecule has 0 spiro atoms. The van der Waals surface area contributed by atoms with Crippen LogP contribution in [0.25, 0.3) is 11.1 Å². The summed E-state index contributed by atoms with van der Waals surface area (Å²) in [6.07, 6.45) is 1.76. The van der Waals surface area contributed by atoms with Crippen LogP contribution in [0.3, 0.4) is 0 Å². The number of anilines is 1. The van der Waals surface area contributed by atoms with E-state index in [-0.39, 0.29) is 0 Å². The second-order valence-electron chi connectivity index (χ2n) is 3.53. The van der Waals surface area contributed by atoms with E-state index in [9.17, 15) is 0 Å². The van der Waals surface area contributed by atoms with Crippen molar-refractivity contribution < 1.29 is 0 Å². The summed E-state index contributed by atoms with van der Waals surface area (Å²) in [5, 5.41) is 4.82. The molecule has 78 valence electrons. The van der Waals surface area contributed by atoms with Gasteiger partial charge in [-0.2, -0.15) is 5.10 Å². The monoisotopic (exact) mass is 221 g/mol. The van der Waals surface area contributed by atoms with Crippen molar-refractivity contribution in [1.29, 1.82) is 0 Å². The Hall–Kier alpha value is -1.48. The fraction of sp³-hybridized carbons (Fsp3) is 0.182. The second-order valence-corrected chi connectivity index (χ2v) is 3.96. The van der Waals surface area contributed by atoms with Gasteiger partial charge in [0.15, 0.2) is 0 Å². The number of hydrogen-bond donors (Lipinski definition) is 1. The highest BCUT2D eigenvalue weighted by atomic mass is 35.5. The Morgan fingerprint density at radius 3 is 2.67 bits per heavy atom. The Morgan fingerprint density at radius 1 is 1.33 bits per heavy atom. The molecular weight excluding hydrogens is 210 g/mol. The van der Waals surface area contributed by atoms with E-state index in [1.165, 1.54) is 0 Å². The van der Waals surface area contributed by atoms with Crippen LogP contribution in [-0.4, -0.2) is 9.78 Å². The third-order valence-electron chi connectivity index (χ3n) is 2.47. The van der Waals surface area contributed by atoms with E-state index in [4.69, 9.17) is 17.3 Å². The molecule has 4 heteroatoms. The smallest absolute Gasteiger partial charge is 0.129 e. The molecule has 0 unspecified atom stereocenters. The van der Waals surface area contributed by atoms with Gasteiger partial charge in [0.2, 0.25) is 0 Å². The van der Waals surface area contributed by atoms with Crippen LogP contribution in [0.4, 0.5) is 5.82 Å². The molecule has 0 saturated heterocycles. The molecule has 2 aromatic rings. The largest absolute Gasteiger partial charge is 0.383 e. The summed E-state index contributed by atoms with van der Waals surface area (Å²) in [6.45, 7) is 2.03. The molecule has 0 atom stereocenters. The van der Waals surface area contributed by atoms with E-state index in [1.807, 2.05) is 32.2 Å². The highest BCUT2D eigenvalue weighted by Gasteiger charge is 2.09. The lowest BCUT2D eigenvalue weighted by molar-refractivity contribution is 0.779. The fourth-order valence-electron chi connectivity index (χ4n) is 1.54. The van der Waals surface area contributed by atoms with Crippen molar-refractivity contribution in [2.75, 3.05) is 5.73 Å². The van der Waals surface area contributed by atoms with Gasteiger partial charge in [-0.05, 0) is 30.2 Å². The molecule has 1 aromatic carbocycles. The lowest BCUT2D eigenvalue weighted by Crippen LogP contribution is -1.98. The highest BCUT2D eigenvalue weighted by Crippen LogP contribution is 2.30. The van der Waals surface area contributed by atoms with Crippen molar-refractivity contribution in [3.63, 3.8) is 0 Å². The van der Waals surface area contributed by atoms with Gasteiger partial charge in [-0.15, -0.1) is 0 Å². The topological polar surface area (TPSA) is 43.8 Å². The fourth-order valence-corrected chi connectivity index (χ4v) is 1.71. The summed E-state index contributed by atoms with van der Waals surface area (Å²) in [7, 11) is 1.82. The zero-order valence-electron chi connectivity index (χ0n) is 8.66.